The summed E-state index contributed by atoms with van der Waals surface area (Å²) in [4.78, 5) is 23.9. The Kier molecular flexibility index (Phi) is 4.69. The fourth-order valence-corrected chi connectivity index (χ4v) is 7.43. The van der Waals surface area contributed by atoms with Crippen LogP contribution in [-0.4, -0.2) is 51.9 Å². The first-order valence-corrected chi connectivity index (χ1v) is 10.6. The van der Waals surface area contributed by atoms with Crippen molar-refractivity contribution in [3.8, 4) is 0 Å². The Morgan fingerprint density at radius 1 is 1.34 bits per heavy atom. The van der Waals surface area contributed by atoms with Crippen LogP contribution in [0.5, 0.6) is 0 Å². The van der Waals surface area contributed by atoms with Crippen molar-refractivity contribution in [2.24, 2.45) is 34.5 Å². The summed E-state index contributed by atoms with van der Waals surface area (Å²) in [5, 5.41) is 32.9. The number of esters is 2. The molecular formula is C22H32O7. The second kappa shape index (κ2) is 6.53. The Morgan fingerprint density at radius 3 is 2.66 bits per heavy atom. The maximum absolute atomic E-state index is 11.9. The van der Waals surface area contributed by atoms with Gasteiger partial charge in [-0.25, -0.2) is 4.79 Å². The zero-order chi connectivity index (χ0) is 21.4. The van der Waals surface area contributed by atoms with Crippen molar-refractivity contribution in [1.29, 1.82) is 0 Å². The smallest absolute Gasteiger partial charge is 0.333 e. The molecule has 9 unspecified atom stereocenters. The topological polar surface area (TPSA) is 113 Å². The van der Waals surface area contributed by atoms with Crippen molar-refractivity contribution in [3.05, 3.63) is 11.6 Å². The van der Waals surface area contributed by atoms with E-state index in [4.69, 9.17) is 9.47 Å². The molecule has 162 valence electrons. The summed E-state index contributed by atoms with van der Waals surface area (Å²) in [5.74, 6) is -3.69. The van der Waals surface area contributed by atoms with E-state index >= 15 is 0 Å². The number of carbonyl (C=O) groups excluding carboxylic acids is 2. The largest absolute Gasteiger partial charge is 0.459 e. The predicted octanol–water partition coefficient (Wildman–Crippen LogP) is 1.54. The molecule has 4 rings (SSSR count). The first-order chi connectivity index (χ1) is 13.5. The van der Waals surface area contributed by atoms with Gasteiger partial charge in [0, 0.05) is 37.5 Å². The van der Waals surface area contributed by atoms with Crippen LogP contribution in [0.1, 0.15) is 53.4 Å². The highest BCUT2D eigenvalue weighted by Crippen LogP contribution is 2.67. The van der Waals surface area contributed by atoms with Crippen molar-refractivity contribution < 1.29 is 34.4 Å². The predicted molar refractivity (Wildman–Crippen MR) is 102 cm³/mol. The van der Waals surface area contributed by atoms with E-state index in [0.717, 1.165) is 19.3 Å². The number of hydrogen-bond acceptors (Lipinski definition) is 7. The van der Waals surface area contributed by atoms with E-state index in [1.54, 1.807) is 0 Å². The average molecular weight is 408 g/mol. The summed E-state index contributed by atoms with van der Waals surface area (Å²) in [7, 11) is 0. The van der Waals surface area contributed by atoms with Crippen LogP contribution >= 0.6 is 0 Å². The lowest BCUT2D eigenvalue weighted by molar-refractivity contribution is -0.269. The highest BCUT2D eigenvalue weighted by Gasteiger charge is 2.68. The maximum atomic E-state index is 11.9. The zero-order valence-electron chi connectivity index (χ0n) is 17.6. The number of rotatable bonds is 2. The molecule has 3 saturated carbocycles. The van der Waals surface area contributed by atoms with E-state index in [-0.39, 0.29) is 36.7 Å². The van der Waals surface area contributed by atoms with Gasteiger partial charge in [-0.2, -0.15) is 0 Å². The first-order valence-electron chi connectivity index (χ1n) is 10.6. The summed E-state index contributed by atoms with van der Waals surface area (Å²) in [5.41, 5.74) is -0.426. The third-order valence-electron chi connectivity index (χ3n) is 8.52. The quantitative estimate of drug-likeness (QED) is 0.594. The molecule has 0 spiro atoms. The van der Waals surface area contributed by atoms with Gasteiger partial charge < -0.3 is 24.8 Å². The molecule has 29 heavy (non-hydrogen) atoms. The van der Waals surface area contributed by atoms with E-state index in [0.29, 0.717) is 5.57 Å². The molecule has 3 aliphatic carbocycles. The van der Waals surface area contributed by atoms with Crippen molar-refractivity contribution >= 4 is 11.9 Å². The van der Waals surface area contributed by atoms with Crippen LogP contribution in [0.4, 0.5) is 0 Å². The van der Waals surface area contributed by atoms with Crippen LogP contribution in [0.15, 0.2) is 11.6 Å². The first kappa shape index (κ1) is 20.8. The summed E-state index contributed by atoms with van der Waals surface area (Å²) < 4.78 is 11.0. The number of aliphatic hydroxyl groups excluding tert-OH is 2. The van der Waals surface area contributed by atoms with Crippen LogP contribution in [0, 0.1) is 34.5 Å². The zero-order valence-corrected chi connectivity index (χ0v) is 17.6. The standard InChI is InChI=1S/C22H32O7/c1-11-13-8-15(25)29-22(13,27)9-14-16(11)17(26)18(28-12(2)24)19-20(3,10-23)6-5-7-21(14,19)4/h8,11,14,16-19,23,26-27H,5-7,9-10H2,1-4H3. The SMILES string of the molecule is CC(=O)OC1C(O)C2C(C)C3=CC(=O)OC3(O)CC2C2(C)CCCC(C)(CO)C12. The molecule has 7 heteroatoms. The van der Waals surface area contributed by atoms with Gasteiger partial charge in [0.15, 0.2) is 0 Å². The molecule has 0 aromatic rings. The minimum absolute atomic E-state index is 0.0743. The summed E-state index contributed by atoms with van der Waals surface area (Å²) >= 11 is 0. The summed E-state index contributed by atoms with van der Waals surface area (Å²) in [6.07, 6.45) is 2.33. The number of hydrogen-bond donors (Lipinski definition) is 3. The lowest BCUT2D eigenvalue weighted by Crippen LogP contribution is -2.68. The Morgan fingerprint density at radius 2 is 2.03 bits per heavy atom. The molecule has 1 heterocycles. The maximum Gasteiger partial charge on any atom is 0.333 e. The van der Waals surface area contributed by atoms with E-state index < -0.39 is 40.8 Å². The van der Waals surface area contributed by atoms with Crippen LogP contribution in [-0.2, 0) is 19.1 Å². The molecule has 0 radical (unpaired) electrons. The van der Waals surface area contributed by atoms with Gasteiger partial charge in [-0.05, 0) is 41.4 Å². The van der Waals surface area contributed by atoms with Crippen molar-refractivity contribution in [3.63, 3.8) is 0 Å². The van der Waals surface area contributed by atoms with Crippen LogP contribution in [0.25, 0.3) is 0 Å². The molecule has 1 aliphatic heterocycles. The Balaban J connectivity index is 1.85. The molecule has 0 saturated heterocycles. The number of fused-ring (bicyclic) bond motifs is 4. The lowest BCUT2D eigenvalue weighted by Gasteiger charge is -2.65. The minimum atomic E-state index is -1.65. The molecule has 3 N–H and O–H groups in total. The molecule has 0 amide bonds. The van der Waals surface area contributed by atoms with Crippen molar-refractivity contribution in [1.82, 2.24) is 0 Å². The van der Waals surface area contributed by atoms with Gasteiger partial charge in [0.2, 0.25) is 5.79 Å². The molecular weight excluding hydrogens is 376 g/mol. The molecule has 0 aromatic carbocycles. The molecule has 4 aliphatic rings. The molecule has 7 nitrogen and oxygen atoms in total. The minimum Gasteiger partial charge on any atom is -0.459 e. The summed E-state index contributed by atoms with van der Waals surface area (Å²) in [6.45, 7) is 7.26. The average Bonchev–Trinajstić information content (AvgIpc) is 2.93. The Bertz CT molecular complexity index is 762. The van der Waals surface area contributed by atoms with Gasteiger partial charge in [-0.3, -0.25) is 4.79 Å². The highest BCUT2D eigenvalue weighted by molar-refractivity contribution is 5.86. The Labute approximate surface area is 171 Å². The third kappa shape index (κ3) is 2.81. The van der Waals surface area contributed by atoms with Crippen molar-refractivity contribution in [2.75, 3.05) is 6.61 Å². The monoisotopic (exact) mass is 408 g/mol. The molecule has 0 bridgehead atoms. The third-order valence-corrected chi connectivity index (χ3v) is 8.52. The normalized spacial score (nSPS) is 51.3. The molecule has 3 fully saturated rings. The molecule has 0 aromatic heterocycles. The van der Waals surface area contributed by atoms with Gasteiger partial charge in [0.25, 0.3) is 0 Å². The van der Waals surface area contributed by atoms with Gasteiger partial charge in [0.1, 0.15) is 6.10 Å². The fourth-order valence-electron chi connectivity index (χ4n) is 7.43. The fraction of sp³-hybridized carbons (Fsp3) is 0.818. The van der Waals surface area contributed by atoms with Crippen LogP contribution in [0.3, 0.4) is 0 Å². The number of ether oxygens (including phenoxy) is 2. The summed E-state index contributed by atoms with van der Waals surface area (Å²) in [6, 6.07) is 0. The van der Waals surface area contributed by atoms with E-state index in [9.17, 15) is 24.9 Å². The van der Waals surface area contributed by atoms with Gasteiger partial charge in [0.05, 0.1) is 6.10 Å². The van der Waals surface area contributed by atoms with Crippen LogP contribution in [0.2, 0.25) is 0 Å². The lowest BCUT2D eigenvalue weighted by atomic mass is 9.41. The van der Waals surface area contributed by atoms with E-state index in [2.05, 4.69) is 6.92 Å². The van der Waals surface area contributed by atoms with Gasteiger partial charge in [-0.15, -0.1) is 0 Å². The number of aliphatic hydroxyl groups is 3. The van der Waals surface area contributed by atoms with E-state index in [1.165, 1.54) is 13.0 Å². The Hall–Kier alpha value is -1.44. The number of carbonyl (C=O) groups is 2. The van der Waals surface area contributed by atoms with E-state index in [1.807, 2.05) is 13.8 Å². The molecule has 9 atom stereocenters. The van der Waals surface area contributed by atoms with Crippen LogP contribution < -0.4 is 0 Å². The second-order valence-corrected chi connectivity index (χ2v) is 10.2. The van der Waals surface area contributed by atoms with Crippen molar-refractivity contribution in [2.45, 2.75) is 71.4 Å². The van der Waals surface area contributed by atoms with Gasteiger partial charge >= 0.3 is 11.9 Å². The van der Waals surface area contributed by atoms with Gasteiger partial charge in [-0.1, -0.05) is 27.2 Å². The highest BCUT2D eigenvalue weighted by atomic mass is 16.7. The second-order valence-electron chi connectivity index (χ2n) is 10.2.